The summed E-state index contributed by atoms with van der Waals surface area (Å²) >= 11 is 1.67. The molecule has 1 aromatic heterocycles. The van der Waals surface area contributed by atoms with Gasteiger partial charge in [-0.2, -0.15) is 0 Å². The molecule has 0 saturated carbocycles. The summed E-state index contributed by atoms with van der Waals surface area (Å²) in [7, 11) is 3.63. The van der Waals surface area contributed by atoms with Crippen molar-refractivity contribution in [1.29, 1.82) is 0 Å². The molecule has 7 atom stereocenters. The van der Waals surface area contributed by atoms with E-state index in [1.807, 2.05) is 32.2 Å². The SMILES string of the molecule is COc1c(C)cc2c(c1O)[C@@H]1[C@@H]3[C@@H]4SC[C@]5(NCCc6c5oc5ccccc65)C(=O)OC[C@@H](c5c6c(c(C)c(C)c54)OCO6)N3[C@@H](O)[C@H](C2)N1C. The van der Waals surface area contributed by atoms with Crippen LogP contribution in [0.3, 0.4) is 0 Å². The number of ether oxygens (including phenoxy) is 4. The average Bonchev–Trinajstić information content (AvgIpc) is 3.77. The third kappa shape index (κ3) is 4.02. The number of nitrogens with one attached hydrogen (secondary N) is 1. The van der Waals surface area contributed by atoms with E-state index >= 15 is 0 Å². The number of aromatic hydroxyl groups is 1. The molecule has 3 N–H and O–H groups in total. The van der Waals surface area contributed by atoms with E-state index in [0.29, 0.717) is 41.7 Å². The quantitative estimate of drug-likeness (QED) is 0.234. The number of carbonyl (C=O) groups is 1. The summed E-state index contributed by atoms with van der Waals surface area (Å²) in [6.45, 7) is 6.81. The normalized spacial score (nSPS) is 30.8. The number of hydrogen-bond donors (Lipinski definition) is 3. The molecule has 4 bridgehead atoms. The number of furan rings is 1. The van der Waals surface area contributed by atoms with E-state index in [-0.39, 0.29) is 42.5 Å². The minimum absolute atomic E-state index is 0.0206. The van der Waals surface area contributed by atoms with Gasteiger partial charge < -0.3 is 33.6 Å². The maximum absolute atomic E-state index is 14.6. The standard InChI is InChI=1S/C39H41N3O8S/c1-17-12-20-13-23-37(44)42-24-14-47-38(45)39(36-22(10-11-40-39)21-8-6-7-9-25(21)50-36)15-51-35(26-18(2)19(3)33-34(28(24)26)49-16-48-33)30(42)29(41(23)4)27(20)31(43)32(17)46-5/h6-9,12,23-24,29-30,35,37,40,43-44H,10-11,13-16H2,1-5H3/t23-,24-,29+,30+,35+,37-,39+/m0/s1. The second kappa shape index (κ2) is 11.0. The number of piperazine rings is 1. The molecule has 0 unspecified atom stereocenters. The molecule has 0 amide bonds. The van der Waals surface area contributed by atoms with Crippen LogP contribution in [0, 0.1) is 20.8 Å². The summed E-state index contributed by atoms with van der Waals surface area (Å²) in [5.74, 6) is 2.48. The first-order valence-corrected chi connectivity index (χ1v) is 18.7. The van der Waals surface area contributed by atoms with Crippen LogP contribution in [-0.2, 0) is 27.9 Å². The van der Waals surface area contributed by atoms with Crippen molar-refractivity contribution in [2.45, 2.75) is 74.8 Å². The fourth-order valence-electron chi connectivity index (χ4n) is 10.2. The summed E-state index contributed by atoms with van der Waals surface area (Å²) in [6, 6.07) is 8.56. The van der Waals surface area contributed by atoms with Crippen LogP contribution >= 0.6 is 11.8 Å². The number of para-hydroxylation sites is 1. The van der Waals surface area contributed by atoms with Crippen molar-refractivity contribution in [3.8, 4) is 23.0 Å². The minimum Gasteiger partial charge on any atom is -0.504 e. The number of rotatable bonds is 1. The minimum atomic E-state index is -1.23. The monoisotopic (exact) mass is 711 g/mol. The number of nitrogens with zero attached hydrogens (tertiary/aromatic N) is 2. The van der Waals surface area contributed by atoms with Gasteiger partial charge in [-0.15, -0.1) is 11.8 Å². The Morgan fingerprint density at radius 1 is 1.06 bits per heavy atom. The first kappa shape index (κ1) is 31.8. The van der Waals surface area contributed by atoms with Gasteiger partial charge in [0.25, 0.3) is 0 Å². The molecule has 7 aliphatic rings. The highest BCUT2D eigenvalue weighted by Gasteiger charge is 2.61. The van der Waals surface area contributed by atoms with Crippen molar-refractivity contribution < 1.29 is 38.4 Å². The topological polar surface area (TPSA) is 126 Å². The zero-order valence-electron chi connectivity index (χ0n) is 29.2. The van der Waals surface area contributed by atoms with Crippen molar-refractivity contribution in [2.24, 2.45) is 0 Å². The van der Waals surface area contributed by atoms with Crippen LogP contribution < -0.4 is 19.5 Å². The predicted octanol–water partition coefficient (Wildman–Crippen LogP) is 4.83. The molecular weight excluding hydrogens is 671 g/mol. The fourth-order valence-corrected chi connectivity index (χ4v) is 11.9. The largest absolute Gasteiger partial charge is 0.504 e. The van der Waals surface area contributed by atoms with Crippen LogP contribution in [0.25, 0.3) is 11.0 Å². The lowest BCUT2D eigenvalue weighted by atomic mass is 9.72. The number of thioether (sulfide) groups is 1. The van der Waals surface area contributed by atoms with Crippen molar-refractivity contribution in [3.63, 3.8) is 0 Å². The van der Waals surface area contributed by atoms with E-state index in [0.717, 1.165) is 61.9 Å². The van der Waals surface area contributed by atoms with E-state index < -0.39 is 23.8 Å². The summed E-state index contributed by atoms with van der Waals surface area (Å²) in [5.41, 5.74) is 7.33. The molecule has 8 heterocycles. The highest BCUT2D eigenvalue weighted by Crippen LogP contribution is 2.63. The Hall–Kier alpha value is -3.94. The predicted molar refractivity (Wildman–Crippen MR) is 190 cm³/mol. The van der Waals surface area contributed by atoms with Crippen LogP contribution in [0.4, 0.5) is 0 Å². The zero-order chi connectivity index (χ0) is 35.1. The molecule has 7 aliphatic heterocycles. The molecule has 2 saturated heterocycles. The molecule has 0 aliphatic carbocycles. The van der Waals surface area contributed by atoms with Crippen LogP contribution in [0.5, 0.6) is 23.0 Å². The highest BCUT2D eigenvalue weighted by atomic mass is 32.2. The Kier molecular flexibility index (Phi) is 6.87. The number of hydrogen-bond acceptors (Lipinski definition) is 12. The van der Waals surface area contributed by atoms with Gasteiger partial charge in [-0.05, 0) is 74.5 Å². The van der Waals surface area contributed by atoms with Crippen LogP contribution in [0.2, 0.25) is 0 Å². The lowest BCUT2D eigenvalue weighted by Gasteiger charge is -2.62. The Morgan fingerprint density at radius 3 is 2.69 bits per heavy atom. The molecule has 11 rings (SSSR count). The Balaban J connectivity index is 1.22. The van der Waals surface area contributed by atoms with E-state index in [2.05, 4.69) is 41.1 Å². The number of phenolic OH excluding ortho intramolecular Hbond substituents is 1. The van der Waals surface area contributed by atoms with Crippen LogP contribution in [0.1, 0.15) is 67.6 Å². The molecule has 4 aromatic rings. The fraction of sp³-hybridized carbons (Fsp3) is 0.462. The van der Waals surface area contributed by atoms with Gasteiger partial charge in [0.2, 0.25) is 6.79 Å². The lowest BCUT2D eigenvalue weighted by Crippen LogP contribution is -2.70. The second-order valence-corrected chi connectivity index (χ2v) is 16.0. The number of aliphatic hydroxyl groups excluding tert-OH is 1. The van der Waals surface area contributed by atoms with Crippen molar-refractivity contribution in [2.75, 3.05) is 39.9 Å². The van der Waals surface area contributed by atoms with Crippen LogP contribution in [-0.4, -0.2) is 84.1 Å². The van der Waals surface area contributed by atoms with Crippen molar-refractivity contribution in [1.82, 2.24) is 15.1 Å². The smallest absolute Gasteiger partial charge is 0.335 e. The lowest BCUT2D eigenvalue weighted by molar-refractivity contribution is -0.186. The Bertz CT molecular complexity index is 2170. The second-order valence-electron chi connectivity index (χ2n) is 14.9. The number of carbonyl (C=O) groups excluding carboxylic acids is 1. The first-order valence-electron chi connectivity index (χ1n) is 17.7. The zero-order valence-corrected chi connectivity index (χ0v) is 30.1. The third-order valence-corrected chi connectivity index (χ3v) is 14.1. The van der Waals surface area contributed by atoms with Gasteiger partial charge in [0.1, 0.15) is 24.2 Å². The van der Waals surface area contributed by atoms with Gasteiger partial charge in [-0.1, -0.05) is 24.3 Å². The molecular formula is C39H41N3O8S. The highest BCUT2D eigenvalue weighted by molar-refractivity contribution is 7.99. The van der Waals surface area contributed by atoms with E-state index in [9.17, 15) is 15.0 Å². The first-order chi connectivity index (χ1) is 24.7. The molecule has 0 radical (unpaired) electrons. The molecule has 266 valence electrons. The van der Waals surface area contributed by atoms with Gasteiger partial charge in [-0.25, -0.2) is 4.79 Å². The number of likely N-dealkylation sites (N-methyl/N-ethyl adjacent to an activating group) is 1. The number of methoxy groups -OCH3 is 1. The summed E-state index contributed by atoms with van der Waals surface area (Å²) in [4.78, 5) is 19.0. The van der Waals surface area contributed by atoms with E-state index in [4.69, 9.17) is 23.4 Å². The van der Waals surface area contributed by atoms with Crippen molar-refractivity contribution >= 4 is 28.7 Å². The molecule has 3 aromatic carbocycles. The molecule has 2 fully saturated rings. The number of esters is 1. The summed E-state index contributed by atoms with van der Waals surface area (Å²) < 4.78 is 31.1. The molecule has 51 heavy (non-hydrogen) atoms. The van der Waals surface area contributed by atoms with Crippen LogP contribution in [0.15, 0.2) is 34.7 Å². The molecule has 1 spiro atoms. The van der Waals surface area contributed by atoms with Gasteiger partial charge in [0.15, 0.2) is 28.5 Å². The maximum atomic E-state index is 14.6. The summed E-state index contributed by atoms with van der Waals surface area (Å²) in [5, 5.41) is 28.8. The average molecular weight is 712 g/mol. The number of aliphatic hydroxyl groups is 1. The molecule has 12 heteroatoms. The Morgan fingerprint density at radius 2 is 1.86 bits per heavy atom. The van der Waals surface area contributed by atoms with Gasteiger partial charge in [0.05, 0.1) is 25.2 Å². The van der Waals surface area contributed by atoms with E-state index in [1.54, 1.807) is 18.9 Å². The van der Waals surface area contributed by atoms with Gasteiger partial charge in [-0.3, -0.25) is 15.1 Å². The van der Waals surface area contributed by atoms with Gasteiger partial charge >= 0.3 is 5.97 Å². The molecule has 11 nitrogen and oxygen atoms in total. The van der Waals surface area contributed by atoms with Gasteiger partial charge in [0, 0.05) is 45.7 Å². The Labute approximate surface area is 299 Å². The number of aryl methyl sites for hydroxylation is 1. The number of phenols is 1. The number of benzene rings is 3. The summed E-state index contributed by atoms with van der Waals surface area (Å²) in [6.07, 6.45) is 0.364. The van der Waals surface area contributed by atoms with Crippen molar-refractivity contribution in [3.05, 3.63) is 80.6 Å². The van der Waals surface area contributed by atoms with E-state index in [1.165, 1.54) is 0 Å². The maximum Gasteiger partial charge on any atom is 0.335 e. The third-order valence-electron chi connectivity index (χ3n) is 12.6. The number of fused-ring (bicyclic) bond motifs is 11.